The Morgan fingerprint density at radius 2 is 1.71 bits per heavy atom. The molecule has 1 saturated carbocycles. The van der Waals surface area contributed by atoms with Crippen LogP contribution in [0.3, 0.4) is 0 Å². The molecule has 1 heterocycles. The van der Waals surface area contributed by atoms with Crippen LogP contribution >= 0.6 is 15.9 Å². The molecule has 2 fully saturated rings. The largest absolute Gasteiger partial charge is 0.376 e. The lowest BCUT2D eigenvalue weighted by molar-refractivity contribution is 0.0269. The van der Waals surface area contributed by atoms with Gasteiger partial charge in [-0.2, -0.15) is 0 Å². The molecule has 1 saturated heterocycles. The van der Waals surface area contributed by atoms with Crippen molar-refractivity contribution in [2.45, 2.75) is 62.3 Å². The Balaban J connectivity index is 1.90. The zero-order valence-electron chi connectivity index (χ0n) is 8.80. The molecule has 0 N–H and O–H groups in total. The van der Waals surface area contributed by atoms with E-state index in [-0.39, 0.29) is 0 Å². The molecule has 2 aliphatic rings. The highest BCUT2D eigenvalue weighted by molar-refractivity contribution is 9.09. The van der Waals surface area contributed by atoms with Gasteiger partial charge in [0.2, 0.25) is 0 Å². The van der Waals surface area contributed by atoms with E-state index in [2.05, 4.69) is 15.9 Å². The maximum absolute atomic E-state index is 5.90. The number of halogens is 1. The molecule has 0 aromatic rings. The average molecular weight is 260 g/mol. The number of rotatable bonds is 1. The van der Waals surface area contributed by atoms with Crippen LogP contribution in [-0.4, -0.2) is 17.5 Å². The van der Waals surface area contributed by atoms with Crippen LogP contribution in [0.1, 0.15) is 51.4 Å². The number of hydrogen-bond acceptors (Lipinski definition) is 1. The molecule has 2 unspecified atom stereocenters. The summed E-state index contributed by atoms with van der Waals surface area (Å²) in [7, 11) is 0. The van der Waals surface area contributed by atoms with Crippen molar-refractivity contribution in [3.05, 3.63) is 5.92 Å². The van der Waals surface area contributed by atoms with Crippen LogP contribution in [0.15, 0.2) is 0 Å². The van der Waals surface area contributed by atoms with Crippen LogP contribution in [0, 0.1) is 5.92 Å². The first-order valence-electron chi connectivity index (χ1n) is 5.98. The fourth-order valence-electron chi connectivity index (χ4n) is 2.59. The molecule has 0 aromatic carbocycles. The number of hydrogen-bond donors (Lipinski definition) is 0. The van der Waals surface area contributed by atoms with Gasteiger partial charge in [0.15, 0.2) is 0 Å². The van der Waals surface area contributed by atoms with Gasteiger partial charge in [0.25, 0.3) is 0 Å². The monoisotopic (exact) mass is 259 g/mol. The molecule has 81 valence electrons. The van der Waals surface area contributed by atoms with E-state index in [1.165, 1.54) is 51.4 Å². The molecule has 0 bridgehead atoms. The molecule has 1 aliphatic heterocycles. The van der Waals surface area contributed by atoms with E-state index in [9.17, 15) is 0 Å². The van der Waals surface area contributed by atoms with E-state index in [0.29, 0.717) is 10.9 Å². The van der Waals surface area contributed by atoms with E-state index in [1.54, 1.807) is 5.92 Å². The van der Waals surface area contributed by atoms with Crippen molar-refractivity contribution in [1.82, 2.24) is 0 Å². The summed E-state index contributed by atoms with van der Waals surface area (Å²) in [5.74, 6) is 1.68. The van der Waals surface area contributed by atoms with Crippen molar-refractivity contribution in [2.75, 3.05) is 6.61 Å². The molecular weight excluding hydrogens is 240 g/mol. The SMILES string of the molecule is BrC1CCCOC1[C]1CCCCCC1. The van der Waals surface area contributed by atoms with E-state index in [1.807, 2.05) is 0 Å². The third-order valence-corrected chi connectivity index (χ3v) is 4.34. The molecule has 1 radical (unpaired) electrons. The van der Waals surface area contributed by atoms with Crippen LogP contribution in [0.2, 0.25) is 0 Å². The second kappa shape index (κ2) is 5.50. The Bertz CT molecular complexity index is 164. The number of alkyl halides is 1. The van der Waals surface area contributed by atoms with Crippen LogP contribution < -0.4 is 0 Å². The van der Waals surface area contributed by atoms with Gasteiger partial charge in [-0.05, 0) is 25.7 Å². The predicted molar refractivity (Wildman–Crippen MR) is 62.6 cm³/mol. The second-order valence-corrected chi connectivity index (χ2v) is 5.70. The van der Waals surface area contributed by atoms with Crippen molar-refractivity contribution in [3.63, 3.8) is 0 Å². The molecule has 0 amide bonds. The first-order chi connectivity index (χ1) is 6.88. The first kappa shape index (κ1) is 10.9. The fourth-order valence-corrected chi connectivity index (χ4v) is 3.44. The molecule has 2 atom stereocenters. The van der Waals surface area contributed by atoms with Gasteiger partial charge in [0.05, 0.1) is 6.10 Å². The van der Waals surface area contributed by atoms with Gasteiger partial charge in [-0.15, -0.1) is 0 Å². The molecule has 0 spiro atoms. The third kappa shape index (κ3) is 2.73. The van der Waals surface area contributed by atoms with E-state index >= 15 is 0 Å². The summed E-state index contributed by atoms with van der Waals surface area (Å²) < 4.78 is 5.90. The minimum absolute atomic E-state index is 0.432. The van der Waals surface area contributed by atoms with Crippen LogP contribution in [0.25, 0.3) is 0 Å². The molecular formula is C12H20BrO. The first-order valence-corrected chi connectivity index (χ1v) is 6.90. The minimum Gasteiger partial charge on any atom is -0.376 e. The van der Waals surface area contributed by atoms with E-state index < -0.39 is 0 Å². The third-order valence-electron chi connectivity index (χ3n) is 3.40. The lowest BCUT2D eigenvalue weighted by atomic mass is 9.89. The zero-order chi connectivity index (χ0) is 9.80. The fraction of sp³-hybridized carbons (Fsp3) is 0.917. The Morgan fingerprint density at radius 3 is 2.36 bits per heavy atom. The molecule has 14 heavy (non-hydrogen) atoms. The van der Waals surface area contributed by atoms with Crippen molar-refractivity contribution in [2.24, 2.45) is 0 Å². The quantitative estimate of drug-likeness (QED) is 0.514. The summed E-state index contributed by atoms with van der Waals surface area (Å²) in [6, 6.07) is 0. The lowest BCUT2D eigenvalue weighted by Crippen LogP contribution is -2.35. The standard InChI is InChI=1S/C12H20BrO/c13-11-8-5-9-14-12(11)10-6-3-1-2-4-7-10/h11-12H,1-9H2. The topological polar surface area (TPSA) is 9.23 Å². The highest BCUT2D eigenvalue weighted by Crippen LogP contribution is 2.35. The van der Waals surface area contributed by atoms with Gasteiger partial charge in [-0.3, -0.25) is 0 Å². The van der Waals surface area contributed by atoms with Crippen LogP contribution in [0.4, 0.5) is 0 Å². The highest BCUT2D eigenvalue weighted by atomic mass is 79.9. The Morgan fingerprint density at radius 1 is 1.00 bits per heavy atom. The summed E-state index contributed by atoms with van der Waals surface area (Å²) in [6.07, 6.45) is 11.2. The van der Waals surface area contributed by atoms with Crippen molar-refractivity contribution >= 4 is 15.9 Å². The highest BCUT2D eigenvalue weighted by Gasteiger charge is 2.31. The summed E-state index contributed by atoms with van der Waals surface area (Å²) in [4.78, 5) is 0.587. The molecule has 1 nitrogen and oxygen atoms in total. The molecule has 0 aromatic heterocycles. The molecule has 2 heteroatoms. The summed E-state index contributed by atoms with van der Waals surface area (Å²) >= 11 is 3.77. The summed E-state index contributed by atoms with van der Waals surface area (Å²) in [5.41, 5.74) is 0. The average Bonchev–Trinajstić information content (AvgIpc) is 2.47. The Hall–Kier alpha value is 0.440. The van der Waals surface area contributed by atoms with E-state index in [4.69, 9.17) is 4.74 Å². The summed E-state index contributed by atoms with van der Waals surface area (Å²) in [5, 5.41) is 0. The van der Waals surface area contributed by atoms with Crippen molar-refractivity contribution in [3.8, 4) is 0 Å². The minimum atomic E-state index is 0.432. The Labute approximate surface area is 95.7 Å². The maximum Gasteiger partial charge on any atom is 0.0762 e. The van der Waals surface area contributed by atoms with Crippen molar-refractivity contribution < 1.29 is 4.74 Å². The maximum atomic E-state index is 5.90. The van der Waals surface area contributed by atoms with Gasteiger partial charge >= 0.3 is 0 Å². The van der Waals surface area contributed by atoms with Crippen molar-refractivity contribution in [1.29, 1.82) is 0 Å². The zero-order valence-corrected chi connectivity index (χ0v) is 10.4. The van der Waals surface area contributed by atoms with Gasteiger partial charge in [0, 0.05) is 17.4 Å². The van der Waals surface area contributed by atoms with Gasteiger partial charge < -0.3 is 4.74 Å². The van der Waals surface area contributed by atoms with Gasteiger partial charge in [-0.1, -0.05) is 41.6 Å². The van der Waals surface area contributed by atoms with E-state index in [0.717, 1.165) is 6.61 Å². The summed E-state index contributed by atoms with van der Waals surface area (Å²) in [6.45, 7) is 0.969. The number of ether oxygens (including phenoxy) is 1. The lowest BCUT2D eigenvalue weighted by Gasteiger charge is -2.33. The van der Waals surface area contributed by atoms with Crippen LogP contribution in [-0.2, 0) is 4.74 Å². The molecule has 2 rings (SSSR count). The van der Waals surface area contributed by atoms with Crippen LogP contribution in [0.5, 0.6) is 0 Å². The molecule has 1 aliphatic carbocycles. The smallest absolute Gasteiger partial charge is 0.0762 e. The second-order valence-electron chi connectivity index (χ2n) is 4.52. The normalized spacial score (nSPS) is 36.6. The van der Waals surface area contributed by atoms with Gasteiger partial charge in [0.1, 0.15) is 0 Å². The van der Waals surface area contributed by atoms with Gasteiger partial charge in [-0.25, -0.2) is 0 Å². The Kier molecular flexibility index (Phi) is 4.30. The predicted octanol–water partition coefficient (Wildman–Crippen LogP) is 3.86.